The van der Waals surface area contributed by atoms with E-state index in [9.17, 15) is 0 Å². The maximum Gasteiger partial charge on any atom is 0.160 e. The summed E-state index contributed by atoms with van der Waals surface area (Å²) < 4.78 is 6.43. The Morgan fingerprint density at radius 2 is 0.982 bits per heavy atom. The van der Waals surface area contributed by atoms with Gasteiger partial charge in [-0.3, -0.25) is 0 Å². The molecule has 0 saturated carbocycles. The van der Waals surface area contributed by atoms with Gasteiger partial charge in [0.1, 0.15) is 11.2 Å². The summed E-state index contributed by atoms with van der Waals surface area (Å²) in [4.78, 5) is 10.3. The number of para-hydroxylation sites is 2. The van der Waals surface area contributed by atoms with Crippen LogP contribution in [0.3, 0.4) is 0 Å². The lowest BCUT2D eigenvalue weighted by Gasteiger charge is -2.28. The van der Waals surface area contributed by atoms with Gasteiger partial charge in [0.15, 0.2) is 5.82 Å². The third kappa shape index (κ3) is 5.35. The van der Waals surface area contributed by atoms with E-state index in [1.807, 2.05) is 30.3 Å². The van der Waals surface area contributed by atoms with Crippen molar-refractivity contribution >= 4 is 21.9 Å². The summed E-state index contributed by atoms with van der Waals surface area (Å²) in [5.41, 5.74) is 17.4. The van der Waals surface area contributed by atoms with Crippen LogP contribution in [0.2, 0.25) is 0 Å². The average molecular weight is 729 g/mol. The van der Waals surface area contributed by atoms with Crippen LogP contribution in [0.15, 0.2) is 205 Å². The molecule has 0 saturated heterocycles. The smallest absolute Gasteiger partial charge is 0.160 e. The maximum atomic E-state index is 6.43. The molecule has 0 spiro atoms. The van der Waals surface area contributed by atoms with Crippen LogP contribution in [0.25, 0.3) is 89.2 Å². The molecule has 2 aromatic heterocycles. The number of benzene rings is 8. The molecule has 0 N–H and O–H groups in total. The van der Waals surface area contributed by atoms with E-state index in [1.54, 1.807) is 0 Å². The number of rotatable bonds is 6. The quantitative estimate of drug-likeness (QED) is 0.171. The van der Waals surface area contributed by atoms with Crippen molar-refractivity contribution in [3.63, 3.8) is 0 Å². The zero-order valence-corrected chi connectivity index (χ0v) is 31.4. The molecule has 1 aliphatic rings. The minimum Gasteiger partial charge on any atom is -0.455 e. The highest BCUT2D eigenvalue weighted by Gasteiger charge is 2.41. The third-order valence-electron chi connectivity index (χ3n) is 11.8. The van der Waals surface area contributed by atoms with Gasteiger partial charge in [0.05, 0.1) is 11.4 Å². The first-order valence-electron chi connectivity index (χ1n) is 19.5. The van der Waals surface area contributed by atoms with Crippen LogP contribution >= 0.6 is 0 Å². The van der Waals surface area contributed by atoms with Gasteiger partial charge in [-0.2, -0.15) is 0 Å². The van der Waals surface area contributed by atoms with E-state index in [1.165, 1.54) is 38.9 Å². The molecule has 0 bridgehead atoms. The van der Waals surface area contributed by atoms with E-state index < -0.39 is 0 Å². The monoisotopic (exact) mass is 728 g/mol. The Bertz CT molecular complexity index is 3130. The molecular formula is C54H36N2O. The van der Waals surface area contributed by atoms with Gasteiger partial charge < -0.3 is 4.42 Å². The molecule has 1 unspecified atom stereocenters. The van der Waals surface area contributed by atoms with Gasteiger partial charge in [0.25, 0.3) is 0 Å². The summed E-state index contributed by atoms with van der Waals surface area (Å²) in [7, 11) is 0. The van der Waals surface area contributed by atoms with Crippen molar-refractivity contribution in [3.05, 3.63) is 217 Å². The van der Waals surface area contributed by atoms with Gasteiger partial charge >= 0.3 is 0 Å². The Kier molecular flexibility index (Phi) is 7.61. The van der Waals surface area contributed by atoms with Crippen LogP contribution in [-0.2, 0) is 5.41 Å². The van der Waals surface area contributed by atoms with Gasteiger partial charge in [-0.25, -0.2) is 9.97 Å². The van der Waals surface area contributed by atoms with Gasteiger partial charge in [-0.1, -0.05) is 182 Å². The summed E-state index contributed by atoms with van der Waals surface area (Å²) in [6.07, 6.45) is 0. The van der Waals surface area contributed by atoms with E-state index in [-0.39, 0.29) is 5.41 Å². The van der Waals surface area contributed by atoms with Gasteiger partial charge in [0.2, 0.25) is 0 Å². The zero-order chi connectivity index (χ0) is 37.9. The molecule has 11 rings (SSSR count). The largest absolute Gasteiger partial charge is 0.455 e. The van der Waals surface area contributed by atoms with Crippen molar-refractivity contribution < 1.29 is 4.42 Å². The molecule has 3 nitrogen and oxygen atoms in total. The highest BCUT2D eigenvalue weighted by Crippen LogP contribution is 2.55. The Morgan fingerprint density at radius 1 is 0.404 bits per heavy atom. The molecule has 0 radical (unpaired) electrons. The van der Waals surface area contributed by atoms with E-state index in [0.717, 1.165) is 61.1 Å². The number of aromatic nitrogens is 2. The fraction of sp³-hybridized carbons (Fsp3) is 0.0370. The van der Waals surface area contributed by atoms with Gasteiger partial charge in [-0.15, -0.1) is 0 Å². The summed E-state index contributed by atoms with van der Waals surface area (Å²) >= 11 is 0. The van der Waals surface area contributed by atoms with Crippen molar-refractivity contribution in [2.45, 2.75) is 12.3 Å². The number of hydrogen-bond acceptors (Lipinski definition) is 3. The molecule has 0 amide bonds. The van der Waals surface area contributed by atoms with E-state index >= 15 is 0 Å². The Hall–Kier alpha value is -7.36. The molecule has 57 heavy (non-hydrogen) atoms. The van der Waals surface area contributed by atoms with Crippen LogP contribution in [-0.4, -0.2) is 9.97 Å². The highest BCUT2D eigenvalue weighted by atomic mass is 16.3. The van der Waals surface area contributed by atoms with Crippen LogP contribution < -0.4 is 0 Å². The first kappa shape index (κ1) is 33.0. The zero-order valence-electron chi connectivity index (χ0n) is 31.4. The van der Waals surface area contributed by atoms with Crippen molar-refractivity contribution in [1.82, 2.24) is 9.97 Å². The van der Waals surface area contributed by atoms with E-state index in [0.29, 0.717) is 5.82 Å². The summed E-state index contributed by atoms with van der Waals surface area (Å²) in [6.45, 7) is 2.37. The second-order valence-corrected chi connectivity index (χ2v) is 15.0. The van der Waals surface area contributed by atoms with Gasteiger partial charge in [-0.05, 0) is 69.6 Å². The second-order valence-electron chi connectivity index (χ2n) is 15.0. The fourth-order valence-electron chi connectivity index (χ4n) is 8.96. The lowest BCUT2D eigenvalue weighted by atomic mass is 9.74. The molecule has 0 aliphatic heterocycles. The maximum absolute atomic E-state index is 6.43. The number of hydrogen-bond donors (Lipinski definition) is 0. The SMILES string of the molecule is CC1(c2ccccc2)c2ccccc2-c2c(-c3ccc(-c4cc(-c5cccc(-c6cccc7c6oc6ccccc67)c5)nc(-c5ccccc5)n4)cc3)cccc21. The molecule has 1 aliphatic carbocycles. The second kappa shape index (κ2) is 13.1. The van der Waals surface area contributed by atoms with Crippen molar-refractivity contribution in [2.24, 2.45) is 0 Å². The summed E-state index contributed by atoms with van der Waals surface area (Å²) in [5.74, 6) is 0.689. The molecule has 3 heteroatoms. The fourth-order valence-corrected chi connectivity index (χ4v) is 8.96. The molecule has 0 fully saturated rings. The predicted octanol–water partition coefficient (Wildman–Crippen LogP) is 14.0. The van der Waals surface area contributed by atoms with E-state index in [4.69, 9.17) is 14.4 Å². The number of nitrogens with zero attached hydrogens (tertiary/aromatic N) is 2. The Balaban J connectivity index is 1.01. The average Bonchev–Trinajstić information content (AvgIpc) is 3.80. The normalized spacial score (nSPS) is 14.5. The molecule has 10 aromatic rings. The standard InChI is InChI=1S/C54H36N2O/c1-54(40-19-6-3-7-20-40)46-26-10-8-22-45(46)51-41(23-14-27-47(51)54)35-29-31-36(32-30-35)48-34-49(56-53(55-48)37-15-4-2-5-16-37)39-18-12-17-38(33-39)42-24-13-25-44-43-21-9-11-28-50(43)57-52(42)44/h2-34H,1H3. The lowest BCUT2D eigenvalue weighted by molar-refractivity contribution is 0.670. The number of furan rings is 1. The number of fused-ring (bicyclic) bond motifs is 6. The summed E-state index contributed by atoms with van der Waals surface area (Å²) in [6, 6.07) is 71.0. The minimum absolute atomic E-state index is 0.246. The molecule has 2 heterocycles. The summed E-state index contributed by atoms with van der Waals surface area (Å²) in [5, 5.41) is 2.24. The van der Waals surface area contributed by atoms with Crippen molar-refractivity contribution in [2.75, 3.05) is 0 Å². The van der Waals surface area contributed by atoms with Crippen LogP contribution in [0, 0.1) is 0 Å². The van der Waals surface area contributed by atoms with Crippen LogP contribution in [0.1, 0.15) is 23.6 Å². The Morgan fingerprint density at radius 3 is 1.82 bits per heavy atom. The predicted molar refractivity (Wildman–Crippen MR) is 234 cm³/mol. The van der Waals surface area contributed by atoms with Crippen LogP contribution in [0.4, 0.5) is 0 Å². The third-order valence-corrected chi connectivity index (χ3v) is 11.8. The molecule has 268 valence electrons. The Labute approximate surface area is 331 Å². The lowest BCUT2D eigenvalue weighted by Crippen LogP contribution is -2.22. The first-order chi connectivity index (χ1) is 28.1. The molecule has 8 aromatic carbocycles. The van der Waals surface area contributed by atoms with Crippen molar-refractivity contribution in [1.29, 1.82) is 0 Å². The minimum atomic E-state index is -0.246. The topological polar surface area (TPSA) is 38.9 Å². The van der Waals surface area contributed by atoms with E-state index in [2.05, 4.69) is 177 Å². The first-order valence-corrected chi connectivity index (χ1v) is 19.5. The molecular weight excluding hydrogens is 693 g/mol. The molecule has 1 atom stereocenters. The van der Waals surface area contributed by atoms with Crippen LogP contribution in [0.5, 0.6) is 0 Å². The van der Waals surface area contributed by atoms with Crippen molar-refractivity contribution in [3.8, 4) is 67.3 Å². The van der Waals surface area contributed by atoms with Gasteiger partial charge in [0, 0.05) is 38.4 Å². The highest BCUT2D eigenvalue weighted by molar-refractivity contribution is 6.09.